The molecule has 4 heteroatoms. The Balaban J connectivity index is 2.03. The topological polar surface area (TPSA) is 48.1 Å². The summed E-state index contributed by atoms with van der Waals surface area (Å²) in [6.45, 7) is 3.52. The van der Waals surface area contributed by atoms with Gasteiger partial charge in [0.25, 0.3) is 0 Å². The van der Waals surface area contributed by atoms with E-state index in [1.807, 2.05) is 24.0 Å². The third kappa shape index (κ3) is 2.71. The van der Waals surface area contributed by atoms with Gasteiger partial charge in [0.2, 0.25) is 0 Å². The van der Waals surface area contributed by atoms with Crippen LogP contribution in [0.15, 0.2) is 23.2 Å². The number of rotatable bonds is 3. The van der Waals surface area contributed by atoms with Gasteiger partial charge in [-0.05, 0) is 25.5 Å². The second kappa shape index (κ2) is 4.96. The number of hydrogen-bond donors (Lipinski definition) is 1. The largest absolute Gasteiger partial charge is 0.377 e. The Labute approximate surface area is 94.4 Å². The van der Waals surface area contributed by atoms with Crippen molar-refractivity contribution in [3.05, 3.63) is 24.0 Å². The zero-order valence-corrected chi connectivity index (χ0v) is 9.67. The first-order valence-electron chi connectivity index (χ1n) is 5.23. The van der Waals surface area contributed by atoms with Crippen LogP contribution in [-0.2, 0) is 11.3 Å². The van der Waals surface area contributed by atoms with Crippen molar-refractivity contribution in [1.82, 2.24) is 4.98 Å². The molecule has 1 aliphatic rings. The quantitative estimate of drug-likeness (QED) is 0.850. The van der Waals surface area contributed by atoms with Gasteiger partial charge in [0, 0.05) is 29.5 Å². The van der Waals surface area contributed by atoms with Crippen LogP contribution >= 0.6 is 11.8 Å². The molecule has 0 aliphatic carbocycles. The van der Waals surface area contributed by atoms with Gasteiger partial charge in [0.15, 0.2) is 0 Å². The van der Waals surface area contributed by atoms with Gasteiger partial charge in [-0.15, -0.1) is 11.8 Å². The average Bonchev–Trinajstić information content (AvgIpc) is 2.65. The molecule has 1 fully saturated rings. The normalized spacial score (nSPS) is 25.7. The molecule has 0 amide bonds. The summed E-state index contributed by atoms with van der Waals surface area (Å²) >= 11 is 1.87. The molecule has 1 saturated heterocycles. The van der Waals surface area contributed by atoms with Gasteiger partial charge in [-0.25, -0.2) is 0 Å². The Hall–Kier alpha value is -0.580. The fraction of sp³-hybridized carbons (Fsp3) is 0.545. The van der Waals surface area contributed by atoms with Crippen molar-refractivity contribution in [2.45, 2.75) is 36.1 Å². The molecule has 3 nitrogen and oxygen atoms in total. The minimum absolute atomic E-state index is 0.351. The predicted octanol–water partition coefficient (Wildman–Crippen LogP) is 1.81. The van der Waals surface area contributed by atoms with Crippen molar-refractivity contribution in [1.29, 1.82) is 0 Å². The molecule has 1 aliphatic heterocycles. The maximum atomic E-state index is 5.56. The standard InChI is InChI=1S/C11H16N2OS/c1-8-11(3-5-14-8)15-10-2-4-13-9(6-10)7-12/h2,4,6,8,11H,3,5,7,12H2,1H3. The number of nitrogens with two attached hydrogens (primary N) is 1. The molecule has 2 atom stereocenters. The second-order valence-electron chi connectivity index (χ2n) is 3.71. The molecule has 0 spiro atoms. The molecule has 0 aromatic carbocycles. The summed E-state index contributed by atoms with van der Waals surface area (Å²) in [4.78, 5) is 5.43. The lowest BCUT2D eigenvalue weighted by molar-refractivity contribution is 0.127. The zero-order chi connectivity index (χ0) is 10.7. The zero-order valence-electron chi connectivity index (χ0n) is 8.85. The van der Waals surface area contributed by atoms with Crippen molar-refractivity contribution < 1.29 is 4.74 Å². The molecule has 2 heterocycles. The lowest BCUT2D eigenvalue weighted by Crippen LogP contribution is -2.13. The number of ether oxygens (including phenoxy) is 1. The number of aromatic nitrogens is 1. The van der Waals surface area contributed by atoms with E-state index in [0.29, 0.717) is 17.9 Å². The molecule has 0 radical (unpaired) electrons. The highest BCUT2D eigenvalue weighted by atomic mass is 32.2. The van der Waals surface area contributed by atoms with Crippen molar-refractivity contribution in [2.24, 2.45) is 5.73 Å². The Bertz CT molecular complexity index is 332. The summed E-state index contributed by atoms with van der Waals surface area (Å²) in [5, 5.41) is 0.568. The summed E-state index contributed by atoms with van der Waals surface area (Å²) < 4.78 is 5.53. The van der Waals surface area contributed by atoms with Crippen LogP contribution in [0, 0.1) is 0 Å². The number of hydrogen-bond acceptors (Lipinski definition) is 4. The first-order valence-corrected chi connectivity index (χ1v) is 6.11. The summed E-state index contributed by atoms with van der Waals surface area (Å²) in [5.74, 6) is 0. The maximum Gasteiger partial charge on any atom is 0.0669 e. The Morgan fingerprint density at radius 3 is 3.20 bits per heavy atom. The third-order valence-electron chi connectivity index (χ3n) is 2.59. The van der Waals surface area contributed by atoms with Crippen LogP contribution in [0.3, 0.4) is 0 Å². The van der Waals surface area contributed by atoms with E-state index in [0.717, 1.165) is 18.7 Å². The lowest BCUT2D eigenvalue weighted by atomic mass is 10.3. The molecule has 1 aromatic rings. The summed E-state index contributed by atoms with van der Waals surface area (Å²) in [7, 11) is 0. The van der Waals surface area contributed by atoms with Crippen LogP contribution in [0.1, 0.15) is 19.0 Å². The van der Waals surface area contributed by atoms with Crippen LogP contribution in [0.5, 0.6) is 0 Å². The molecule has 1 aromatic heterocycles. The SMILES string of the molecule is CC1OCCC1Sc1ccnc(CN)c1. The Morgan fingerprint density at radius 1 is 1.67 bits per heavy atom. The van der Waals surface area contributed by atoms with Crippen LogP contribution < -0.4 is 5.73 Å². The van der Waals surface area contributed by atoms with Gasteiger partial charge < -0.3 is 10.5 Å². The molecular formula is C11H16N2OS. The molecule has 0 saturated carbocycles. The van der Waals surface area contributed by atoms with E-state index in [1.54, 1.807) is 0 Å². The molecule has 2 rings (SSSR count). The van der Waals surface area contributed by atoms with Crippen LogP contribution in [0.2, 0.25) is 0 Å². The molecule has 15 heavy (non-hydrogen) atoms. The van der Waals surface area contributed by atoms with E-state index in [2.05, 4.69) is 18.0 Å². The third-order valence-corrected chi connectivity index (χ3v) is 4.04. The molecule has 2 unspecified atom stereocenters. The number of nitrogens with zero attached hydrogens (tertiary/aromatic N) is 1. The predicted molar refractivity (Wildman–Crippen MR) is 61.8 cm³/mol. The number of pyridine rings is 1. The van der Waals surface area contributed by atoms with Gasteiger partial charge in [-0.3, -0.25) is 4.98 Å². The second-order valence-corrected chi connectivity index (χ2v) is 5.02. The fourth-order valence-electron chi connectivity index (χ4n) is 1.68. The van der Waals surface area contributed by atoms with E-state index in [4.69, 9.17) is 10.5 Å². The van der Waals surface area contributed by atoms with Gasteiger partial charge in [0.1, 0.15) is 0 Å². The van der Waals surface area contributed by atoms with Crippen molar-refractivity contribution in [3.63, 3.8) is 0 Å². The summed E-state index contributed by atoms with van der Waals surface area (Å²) in [5.41, 5.74) is 6.51. The van der Waals surface area contributed by atoms with Gasteiger partial charge in [-0.2, -0.15) is 0 Å². The molecule has 0 bridgehead atoms. The molecule has 82 valence electrons. The van der Waals surface area contributed by atoms with Crippen molar-refractivity contribution in [2.75, 3.05) is 6.61 Å². The van der Waals surface area contributed by atoms with Crippen LogP contribution in [0.4, 0.5) is 0 Å². The van der Waals surface area contributed by atoms with Gasteiger partial charge in [-0.1, -0.05) is 0 Å². The van der Waals surface area contributed by atoms with E-state index >= 15 is 0 Å². The molecule has 2 N–H and O–H groups in total. The fourth-order valence-corrected chi connectivity index (χ4v) is 2.86. The highest BCUT2D eigenvalue weighted by molar-refractivity contribution is 8.00. The highest BCUT2D eigenvalue weighted by Crippen LogP contribution is 2.32. The minimum Gasteiger partial charge on any atom is -0.377 e. The first kappa shape index (κ1) is 10.9. The Kier molecular flexibility index (Phi) is 3.61. The lowest BCUT2D eigenvalue weighted by Gasteiger charge is -2.13. The van der Waals surface area contributed by atoms with Crippen LogP contribution in [-0.4, -0.2) is 22.9 Å². The van der Waals surface area contributed by atoms with Gasteiger partial charge in [0.05, 0.1) is 11.8 Å². The average molecular weight is 224 g/mol. The van der Waals surface area contributed by atoms with Crippen molar-refractivity contribution >= 4 is 11.8 Å². The Morgan fingerprint density at radius 2 is 2.53 bits per heavy atom. The van der Waals surface area contributed by atoms with Crippen LogP contribution in [0.25, 0.3) is 0 Å². The summed E-state index contributed by atoms with van der Waals surface area (Å²) in [6, 6.07) is 4.10. The highest BCUT2D eigenvalue weighted by Gasteiger charge is 2.24. The van der Waals surface area contributed by atoms with Crippen molar-refractivity contribution in [3.8, 4) is 0 Å². The summed E-state index contributed by atoms with van der Waals surface area (Å²) in [6.07, 6.45) is 3.31. The first-order chi connectivity index (χ1) is 7.29. The number of thioether (sulfide) groups is 1. The van der Waals surface area contributed by atoms with E-state index in [9.17, 15) is 0 Å². The van der Waals surface area contributed by atoms with E-state index in [-0.39, 0.29) is 0 Å². The monoisotopic (exact) mass is 224 g/mol. The van der Waals surface area contributed by atoms with E-state index < -0.39 is 0 Å². The minimum atomic E-state index is 0.351. The molecular weight excluding hydrogens is 208 g/mol. The maximum absolute atomic E-state index is 5.56. The van der Waals surface area contributed by atoms with E-state index in [1.165, 1.54) is 4.90 Å². The van der Waals surface area contributed by atoms with Gasteiger partial charge >= 0.3 is 0 Å². The smallest absolute Gasteiger partial charge is 0.0669 e.